The summed E-state index contributed by atoms with van der Waals surface area (Å²) in [5.41, 5.74) is 4.09. The lowest BCUT2D eigenvalue weighted by atomic mass is 10.2. The van der Waals surface area contributed by atoms with Crippen LogP contribution in [0.2, 0.25) is 0 Å². The molecule has 0 unspecified atom stereocenters. The van der Waals surface area contributed by atoms with Gasteiger partial charge in [-0.05, 0) is 60.8 Å². The van der Waals surface area contributed by atoms with E-state index in [1.165, 1.54) is 0 Å². The number of nitrogens with one attached hydrogen (secondary N) is 3. The fourth-order valence-electron chi connectivity index (χ4n) is 3.35. The van der Waals surface area contributed by atoms with Crippen molar-refractivity contribution in [2.24, 2.45) is 0 Å². The molecule has 0 radical (unpaired) electrons. The van der Waals surface area contributed by atoms with E-state index in [0.717, 1.165) is 16.6 Å². The molecular weight excluding hydrogens is 376 g/mol. The van der Waals surface area contributed by atoms with E-state index in [1.807, 2.05) is 66.1 Å². The lowest BCUT2D eigenvalue weighted by molar-refractivity contribution is -0.116. The smallest absolute Gasteiger partial charge is 0.323 e. The van der Waals surface area contributed by atoms with Gasteiger partial charge in [-0.1, -0.05) is 36.4 Å². The van der Waals surface area contributed by atoms with Gasteiger partial charge in [-0.25, -0.2) is 4.79 Å². The lowest BCUT2D eigenvalue weighted by Crippen LogP contribution is -2.20. The Balaban J connectivity index is 1.35. The molecule has 30 heavy (non-hydrogen) atoms. The summed E-state index contributed by atoms with van der Waals surface area (Å²) in [6.45, 7) is 2.23. The van der Waals surface area contributed by atoms with Gasteiger partial charge in [-0.15, -0.1) is 0 Å². The third-order valence-electron chi connectivity index (χ3n) is 4.78. The van der Waals surface area contributed by atoms with Crippen LogP contribution in [0.25, 0.3) is 10.9 Å². The number of fused-ring (bicyclic) bond motifs is 1. The van der Waals surface area contributed by atoms with Crippen LogP contribution in [0.3, 0.4) is 0 Å². The van der Waals surface area contributed by atoms with Crippen molar-refractivity contribution < 1.29 is 9.59 Å². The van der Waals surface area contributed by atoms with E-state index in [4.69, 9.17) is 0 Å². The molecule has 4 rings (SSSR count). The number of carbonyl (C=O) groups is 2. The number of benzene rings is 3. The summed E-state index contributed by atoms with van der Waals surface area (Å²) in [5.74, 6) is -0.109. The number of hydrogen-bond donors (Lipinski definition) is 3. The molecule has 0 bridgehead atoms. The molecule has 3 N–H and O–H groups in total. The summed E-state index contributed by atoms with van der Waals surface area (Å²) in [6, 6.07) is 26.0. The third kappa shape index (κ3) is 4.50. The molecule has 0 aliphatic heterocycles. The first-order valence-corrected chi connectivity index (χ1v) is 9.66. The zero-order chi connectivity index (χ0) is 20.9. The number of hydrogen-bond acceptors (Lipinski definition) is 2. The SMILES string of the molecule is Cc1cc2ccccc2n1CC(=O)Nc1ccc(NC(=O)Nc2ccccc2)cc1. The highest BCUT2D eigenvalue weighted by Crippen LogP contribution is 2.20. The van der Waals surface area contributed by atoms with Crippen LogP contribution >= 0.6 is 0 Å². The molecule has 0 aliphatic carbocycles. The molecule has 1 heterocycles. The van der Waals surface area contributed by atoms with Crippen molar-refractivity contribution in [3.8, 4) is 0 Å². The standard InChI is InChI=1S/C24H22N4O2/c1-17-15-18-7-5-6-10-22(18)28(17)16-23(29)25-20-11-13-21(14-12-20)27-24(30)26-19-8-3-2-4-9-19/h2-15H,16H2,1H3,(H,25,29)(H2,26,27,30). The molecule has 150 valence electrons. The monoisotopic (exact) mass is 398 g/mol. The Bertz CT molecular complexity index is 1180. The minimum Gasteiger partial charge on any atom is -0.335 e. The molecule has 0 atom stereocenters. The molecule has 1 aromatic heterocycles. The molecule has 0 fully saturated rings. The van der Waals surface area contributed by atoms with E-state index in [9.17, 15) is 9.59 Å². The van der Waals surface area contributed by atoms with E-state index in [2.05, 4.69) is 22.0 Å². The second kappa shape index (κ2) is 8.53. The molecular formula is C24H22N4O2. The van der Waals surface area contributed by atoms with Gasteiger partial charge in [0.2, 0.25) is 5.91 Å². The zero-order valence-corrected chi connectivity index (χ0v) is 16.6. The van der Waals surface area contributed by atoms with Crippen LogP contribution < -0.4 is 16.0 Å². The number of amides is 3. The van der Waals surface area contributed by atoms with E-state index < -0.39 is 0 Å². The highest BCUT2D eigenvalue weighted by atomic mass is 16.2. The minimum absolute atomic E-state index is 0.109. The van der Waals surface area contributed by atoms with E-state index in [-0.39, 0.29) is 18.5 Å². The summed E-state index contributed by atoms with van der Waals surface area (Å²) in [6.07, 6.45) is 0. The second-order valence-electron chi connectivity index (χ2n) is 7.00. The van der Waals surface area contributed by atoms with Crippen molar-refractivity contribution in [3.63, 3.8) is 0 Å². The number of anilines is 3. The minimum atomic E-state index is -0.326. The van der Waals surface area contributed by atoms with Gasteiger partial charge < -0.3 is 20.5 Å². The van der Waals surface area contributed by atoms with Gasteiger partial charge >= 0.3 is 6.03 Å². The van der Waals surface area contributed by atoms with Gasteiger partial charge in [0.1, 0.15) is 6.54 Å². The van der Waals surface area contributed by atoms with Gasteiger partial charge in [0.05, 0.1) is 0 Å². The molecule has 0 spiro atoms. The summed E-state index contributed by atoms with van der Waals surface area (Å²) >= 11 is 0. The zero-order valence-electron chi connectivity index (χ0n) is 16.6. The quantitative estimate of drug-likeness (QED) is 0.430. The number of aromatic nitrogens is 1. The fourth-order valence-corrected chi connectivity index (χ4v) is 3.35. The average Bonchev–Trinajstić information content (AvgIpc) is 3.05. The van der Waals surface area contributed by atoms with Crippen molar-refractivity contribution in [1.82, 2.24) is 4.57 Å². The van der Waals surface area contributed by atoms with Crippen molar-refractivity contribution in [2.45, 2.75) is 13.5 Å². The molecule has 4 aromatic rings. The maximum atomic E-state index is 12.5. The number of urea groups is 1. The van der Waals surface area contributed by atoms with Crippen molar-refractivity contribution >= 4 is 39.9 Å². The molecule has 6 heteroatoms. The van der Waals surface area contributed by atoms with E-state index in [1.54, 1.807) is 24.3 Å². The van der Waals surface area contributed by atoms with E-state index in [0.29, 0.717) is 17.1 Å². The first kappa shape index (κ1) is 19.3. The maximum absolute atomic E-state index is 12.5. The van der Waals surface area contributed by atoms with Gasteiger partial charge in [0.15, 0.2) is 0 Å². The molecule has 3 aromatic carbocycles. The Morgan fingerprint density at radius 3 is 2.00 bits per heavy atom. The summed E-state index contributed by atoms with van der Waals surface area (Å²) in [7, 11) is 0. The normalized spacial score (nSPS) is 10.6. The number of nitrogens with zero attached hydrogens (tertiary/aromatic N) is 1. The number of carbonyl (C=O) groups excluding carboxylic acids is 2. The number of rotatable bonds is 5. The largest absolute Gasteiger partial charge is 0.335 e. The topological polar surface area (TPSA) is 75.2 Å². The predicted octanol–water partition coefficient (Wildman–Crippen LogP) is 5.23. The first-order valence-electron chi connectivity index (χ1n) is 9.66. The lowest BCUT2D eigenvalue weighted by Gasteiger charge is -2.11. The summed E-state index contributed by atoms with van der Waals surface area (Å²) < 4.78 is 1.99. The maximum Gasteiger partial charge on any atom is 0.323 e. The van der Waals surface area contributed by atoms with Gasteiger partial charge in [0, 0.05) is 28.3 Å². The Morgan fingerprint density at radius 2 is 1.30 bits per heavy atom. The van der Waals surface area contributed by atoms with Crippen LogP contribution in [0.1, 0.15) is 5.69 Å². The first-order chi connectivity index (χ1) is 14.6. The molecule has 6 nitrogen and oxygen atoms in total. The highest BCUT2D eigenvalue weighted by molar-refractivity contribution is 6.00. The van der Waals surface area contributed by atoms with Gasteiger partial charge in [-0.3, -0.25) is 4.79 Å². The molecule has 0 saturated heterocycles. The van der Waals surface area contributed by atoms with Crippen LogP contribution in [0.5, 0.6) is 0 Å². The van der Waals surface area contributed by atoms with Crippen molar-refractivity contribution in [2.75, 3.05) is 16.0 Å². The average molecular weight is 398 g/mol. The van der Waals surface area contributed by atoms with E-state index >= 15 is 0 Å². The summed E-state index contributed by atoms with van der Waals surface area (Å²) in [5, 5.41) is 9.55. The summed E-state index contributed by atoms with van der Waals surface area (Å²) in [4.78, 5) is 24.6. The number of para-hydroxylation sites is 2. The third-order valence-corrected chi connectivity index (χ3v) is 4.78. The van der Waals surface area contributed by atoms with Crippen LogP contribution in [-0.2, 0) is 11.3 Å². The van der Waals surface area contributed by atoms with Crippen molar-refractivity contribution in [3.05, 3.63) is 90.6 Å². The van der Waals surface area contributed by atoms with Crippen LogP contribution in [0.4, 0.5) is 21.9 Å². The predicted molar refractivity (Wildman–Crippen MR) is 121 cm³/mol. The second-order valence-corrected chi connectivity index (χ2v) is 7.00. The van der Waals surface area contributed by atoms with Crippen LogP contribution in [-0.4, -0.2) is 16.5 Å². The fraction of sp³-hybridized carbons (Fsp3) is 0.0833. The highest BCUT2D eigenvalue weighted by Gasteiger charge is 2.10. The molecule has 3 amide bonds. The Morgan fingerprint density at radius 1 is 0.733 bits per heavy atom. The molecule has 0 aliphatic rings. The van der Waals surface area contributed by atoms with Gasteiger partial charge in [0.25, 0.3) is 0 Å². The Hall–Kier alpha value is -4.06. The Labute approximate surface area is 174 Å². The van der Waals surface area contributed by atoms with Crippen molar-refractivity contribution in [1.29, 1.82) is 0 Å². The van der Waals surface area contributed by atoms with Crippen LogP contribution in [0.15, 0.2) is 84.9 Å². The van der Waals surface area contributed by atoms with Crippen LogP contribution in [0, 0.1) is 6.92 Å². The molecule has 0 saturated carbocycles. The Kier molecular flexibility index (Phi) is 5.48. The number of aryl methyl sites for hydroxylation is 1. The van der Waals surface area contributed by atoms with Gasteiger partial charge in [-0.2, -0.15) is 0 Å².